The fourth-order valence-corrected chi connectivity index (χ4v) is 0.281. The molecule has 0 aromatic rings. The third-order valence-corrected chi connectivity index (χ3v) is 0.753. The standard InChI is InChI=1S/C5H10N2O3/c6-3(5(9)10)1-2-4(7)8/h3H,1-2,6H2,(H2,7,8)(H,9,10)/t3-/m0/s1/i1D,2D/t1?,2?,3-. The van der Waals surface area contributed by atoms with Crippen LogP contribution in [0.5, 0.6) is 0 Å². The maximum atomic E-state index is 10.3. The molecule has 0 aromatic heterocycles. The van der Waals surface area contributed by atoms with Crippen LogP contribution in [0.2, 0.25) is 0 Å². The number of amides is 1. The number of carbonyl (C=O) groups excluding carboxylic acids is 1. The van der Waals surface area contributed by atoms with Crippen molar-refractivity contribution < 1.29 is 17.4 Å². The molecule has 0 heterocycles. The van der Waals surface area contributed by atoms with Crippen molar-refractivity contribution in [3.63, 3.8) is 0 Å². The molecule has 10 heavy (non-hydrogen) atoms. The average molecular weight is 148 g/mol. The minimum Gasteiger partial charge on any atom is -0.480 e. The summed E-state index contributed by atoms with van der Waals surface area (Å²) < 4.78 is 14.0. The fourth-order valence-electron chi connectivity index (χ4n) is 0.281. The molecule has 0 saturated carbocycles. The highest BCUT2D eigenvalue weighted by molar-refractivity contribution is 5.76. The minimum absolute atomic E-state index is 1.05. The van der Waals surface area contributed by atoms with Gasteiger partial charge in [0.1, 0.15) is 6.04 Å². The number of hydrogen-bond donors (Lipinski definition) is 3. The third kappa shape index (κ3) is 3.85. The molecule has 0 aliphatic carbocycles. The van der Waals surface area contributed by atoms with Gasteiger partial charge < -0.3 is 16.6 Å². The zero-order chi connectivity index (χ0) is 9.89. The van der Waals surface area contributed by atoms with Crippen molar-refractivity contribution >= 4 is 11.9 Å². The van der Waals surface area contributed by atoms with E-state index in [-0.39, 0.29) is 0 Å². The molecular weight excluding hydrogens is 136 g/mol. The molecule has 5 nitrogen and oxygen atoms in total. The van der Waals surface area contributed by atoms with Gasteiger partial charge in [-0.2, -0.15) is 0 Å². The number of carbonyl (C=O) groups is 2. The first-order chi connectivity index (χ1) is 5.37. The minimum atomic E-state index is -1.60. The van der Waals surface area contributed by atoms with Gasteiger partial charge in [-0.25, -0.2) is 0 Å². The quantitative estimate of drug-likeness (QED) is 0.458. The molecule has 0 spiro atoms. The van der Waals surface area contributed by atoms with E-state index in [1.807, 2.05) is 0 Å². The maximum Gasteiger partial charge on any atom is 0.320 e. The van der Waals surface area contributed by atoms with Crippen molar-refractivity contribution in [2.45, 2.75) is 18.8 Å². The van der Waals surface area contributed by atoms with Crippen LogP contribution in [0.1, 0.15) is 15.5 Å². The first kappa shape index (κ1) is 5.67. The second-order valence-corrected chi connectivity index (χ2v) is 1.63. The summed E-state index contributed by atoms with van der Waals surface area (Å²) in [4.78, 5) is 20.5. The Hall–Kier alpha value is -1.10. The van der Waals surface area contributed by atoms with E-state index in [4.69, 9.17) is 13.6 Å². The maximum absolute atomic E-state index is 10.3. The molecule has 0 rings (SSSR count). The van der Waals surface area contributed by atoms with Crippen molar-refractivity contribution in [3.8, 4) is 0 Å². The van der Waals surface area contributed by atoms with Crippen LogP contribution >= 0.6 is 0 Å². The Bertz CT molecular complexity index is 179. The lowest BCUT2D eigenvalue weighted by atomic mass is 10.2. The summed E-state index contributed by atoms with van der Waals surface area (Å²) in [5.74, 6) is -2.47. The number of carboxylic acids is 1. The highest BCUT2D eigenvalue weighted by Crippen LogP contribution is 1.92. The summed E-state index contributed by atoms with van der Waals surface area (Å²) in [6, 6.07) is -1.56. The van der Waals surface area contributed by atoms with E-state index in [0.29, 0.717) is 0 Å². The zero-order valence-corrected chi connectivity index (χ0v) is 5.15. The van der Waals surface area contributed by atoms with E-state index >= 15 is 0 Å². The van der Waals surface area contributed by atoms with Crippen LogP contribution in [0.3, 0.4) is 0 Å². The molecule has 0 aliphatic heterocycles. The molecule has 0 aliphatic rings. The lowest BCUT2D eigenvalue weighted by Gasteiger charge is -2.01. The van der Waals surface area contributed by atoms with Gasteiger partial charge in [-0.05, 0) is 6.40 Å². The van der Waals surface area contributed by atoms with Crippen LogP contribution in [-0.2, 0) is 9.59 Å². The number of aliphatic carboxylic acids is 1. The molecule has 0 fully saturated rings. The molecule has 1 amide bonds. The van der Waals surface area contributed by atoms with Gasteiger partial charge in [-0.1, -0.05) is 0 Å². The van der Waals surface area contributed by atoms with Crippen molar-refractivity contribution in [2.24, 2.45) is 11.5 Å². The lowest BCUT2D eigenvalue weighted by molar-refractivity contribution is -0.138. The summed E-state index contributed by atoms with van der Waals surface area (Å²) in [5.41, 5.74) is 9.66. The fraction of sp³-hybridized carbons (Fsp3) is 0.600. The summed E-state index contributed by atoms with van der Waals surface area (Å²) in [5, 5.41) is 8.30. The van der Waals surface area contributed by atoms with E-state index in [1.165, 1.54) is 0 Å². The van der Waals surface area contributed by atoms with Crippen LogP contribution in [0, 0.1) is 0 Å². The Kier molecular flexibility index (Phi) is 2.17. The van der Waals surface area contributed by atoms with Crippen LogP contribution in [0.4, 0.5) is 0 Å². The van der Waals surface area contributed by atoms with Crippen LogP contribution in [0.25, 0.3) is 0 Å². The summed E-state index contributed by atoms with van der Waals surface area (Å²) in [6.07, 6.45) is -3.13. The normalized spacial score (nSPS) is 21.7. The second kappa shape index (κ2) is 3.84. The Morgan fingerprint density at radius 3 is 2.50 bits per heavy atom. The molecule has 5 N–H and O–H groups in total. The molecule has 3 atom stereocenters. The second-order valence-electron chi connectivity index (χ2n) is 1.63. The molecule has 5 heteroatoms. The van der Waals surface area contributed by atoms with Gasteiger partial charge in [0.15, 0.2) is 0 Å². The SMILES string of the molecule is [2H]C(C(N)=O)C([2H])[C@H](N)C(=O)O. The van der Waals surface area contributed by atoms with E-state index in [2.05, 4.69) is 5.73 Å². The van der Waals surface area contributed by atoms with Gasteiger partial charge >= 0.3 is 5.97 Å². The number of rotatable bonds is 4. The predicted octanol–water partition coefficient (Wildman–Crippen LogP) is -1.34. The number of nitrogens with two attached hydrogens (primary N) is 2. The van der Waals surface area contributed by atoms with Crippen LogP contribution in [0.15, 0.2) is 0 Å². The predicted molar refractivity (Wildman–Crippen MR) is 34.0 cm³/mol. The lowest BCUT2D eigenvalue weighted by Crippen LogP contribution is -2.31. The summed E-state index contributed by atoms with van der Waals surface area (Å²) in [6.45, 7) is 0. The van der Waals surface area contributed by atoms with Crippen molar-refractivity contribution in [1.29, 1.82) is 0 Å². The van der Waals surface area contributed by atoms with E-state index in [0.717, 1.165) is 0 Å². The largest absolute Gasteiger partial charge is 0.480 e. The third-order valence-electron chi connectivity index (χ3n) is 0.753. The summed E-state index contributed by atoms with van der Waals surface area (Å²) >= 11 is 0. The van der Waals surface area contributed by atoms with Gasteiger partial charge in [0.2, 0.25) is 5.91 Å². The van der Waals surface area contributed by atoms with Gasteiger partial charge in [-0.3, -0.25) is 9.59 Å². The molecule has 0 aromatic carbocycles. The monoisotopic (exact) mass is 148 g/mol. The molecule has 58 valence electrons. The Morgan fingerprint density at radius 1 is 1.70 bits per heavy atom. The highest BCUT2D eigenvalue weighted by Gasteiger charge is 2.11. The molecule has 2 unspecified atom stereocenters. The molecular formula is C5H10N2O3. The zero-order valence-electron chi connectivity index (χ0n) is 7.15. The molecule has 0 saturated heterocycles. The Balaban J connectivity index is 4.28. The number of primary amides is 1. The van der Waals surface area contributed by atoms with Crippen molar-refractivity contribution in [1.82, 2.24) is 0 Å². The highest BCUT2D eigenvalue weighted by atomic mass is 16.4. The van der Waals surface area contributed by atoms with Crippen LogP contribution in [-0.4, -0.2) is 23.0 Å². The van der Waals surface area contributed by atoms with E-state index in [1.54, 1.807) is 0 Å². The van der Waals surface area contributed by atoms with Crippen molar-refractivity contribution in [3.05, 3.63) is 0 Å². The topological polar surface area (TPSA) is 106 Å². The van der Waals surface area contributed by atoms with Crippen molar-refractivity contribution in [2.75, 3.05) is 0 Å². The van der Waals surface area contributed by atoms with Gasteiger partial charge in [-0.15, -0.1) is 0 Å². The van der Waals surface area contributed by atoms with Gasteiger partial charge in [0.25, 0.3) is 0 Å². The first-order valence-electron chi connectivity index (χ1n) is 3.65. The molecule has 0 radical (unpaired) electrons. The average Bonchev–Trinajstić information content (AvgIpc) is 2.00. The first-order valence-corrected chi connectivity index (χ1v) is 2.50. The summed E-state index contributed by atoms with van der Waals surface area (Å²) in [7, 11) is 0. The van der Waals surface area contributed by atoms with E-state index in [9.17, 15) is 9.59 Å². The molecule has 0 bridgehead atoms. The van der Waals surface area contributed by atoms with Gasteiger partial charge in [0.05, 0.1) is 0 Å². The Morgan fingerprint density at radius 2 is 2.20 bits per heavy atom. The number of hydrogen-bond acceptors (Lipinski definition) is 3. The van der Waals surface area contributed by atoms with Gasteiger partial charge in [0, 0.05) is 9.14 Å². The smallest absolute Gasteiger partial charge is 0.320 e. The van der Waals surface area contributed by atoms with E-state index < -0.39 is 30.7 Å². The Labute approximate surface area is 60.8 Å². The van der Waals surface area contributed by atoms with Crippen LogP contribution < -0.4 is 11.5 Å². The number of carboxylic acid groups (broad SMARTS) is 1.